The summed E-state index contributed by atoms with van der Waals surface area (Å²) in [5, 5.41) is 8.67. The second-order valence-electron chi connectivity index (χ2n) is 5.50. The van der Waals surface area contributed by atoms with Crippen molar-refractivity contribution < 1.29 is 14.6 Å². The average Bonchev–Trinajstić information content (AvgIpc) is 2.27. The Morgan fingerprint density at radius 1 is 1.33 bits per heavy atom. The highest BCUT2D eigenvalue weighted by atomic mass is 16.5. The molecule has 0 heterocycles. The van der Waals surface area contributed by atoms with Crippen molar-refractivity contribution in [3.05, 3.63) is 29.3 Å². The highest BCUT2D eigenvalue weighted by Crippen LogP contribution is 2.34. The summed E-state index contributed by atoms with van der Waals surface area (Å²) < 4.78 is 5.51. The SMILES string of the molecule is COc1c(CCCC(=O)O)cccc1C(C)(C)C. The van der Waals surface area contributed by atoms with E-state index in [1.165, 1.54) is 0 Å². The molecule has 0 bridgehead atoms. The van der Waals surface area contributed by atoms with Crippen molar-refractivity contribution in [1.29, 1.82) is 0 Å². The largest absolute Gasteiger partial charge is 0.496 e. The molecular formula is C15H22O3. The minimum atomic E-state index is -0.749. The lowest BCUT2D eigenvalue weighted by molar-refractivity contribution is -0.137. The molecule has 0 unspecified atom stereocenters. The van der Waals surface area contributed by atoms with Gasteiger partial charge < -0.3 is 9.84 Å². The van der Waals surface area contributed by atoms with E-state index < -0.39 is 5.97 Å². The molecule has 0 radical (unpaired) electrons. The summed E-state index contributed by atoms with van der Waals surface area (Å²) in [7, 11) is 1.67. The van der Waals surface area contributed by atoms with Crippen LogP contribution < -0.4 is 4.74 Å². The maximum Gasteiger partial charge on any atom is 0.303 e. The molecule has 1 aromatic rings. The summed E-state index contributed by atoms with van der Waals surface area (Å²) in [5.74, 6) is 0.149. The fourth-order valence-corrected chi connectivity index (χ4v) is 2.04. The maximum atomic E-state index is 10.5. The fourth-order valence-electron chi connectivity index (χ4n) is 2.04. The minimum Gasteiger partial charge on any atom is -0.496 e. The van der Waals surface area contributed by atoms with Gasteiger partial charge in [0.1, 0.15) is 5.75 Å². The lowest BCUT2D eigenvalue weighted by atomic mass is 9.84. The number of carbonyl (C=O) groups is 1. The molecule has 0 aliphatic heterocycles. The van der Waals surface area contributed by atoms with Crippen LogP contribution >= 0.6 is 0 Å². The van der Waals surface area contributed by atoms with Gasteiger partial charge in [0.15, 0.2) is 0 Å². The second-order valence-corrected chi connectivity index (χ2v) is 5.50. The van der Waals surface area contributed by atoms with Gasteiger partial charge in [-0.1, -0.05) is 39.0 Å². The van der Waals surface area contributed by atoms with Gasteiger partial charge in [0.25, 0.3) is 0 Å². The smallest absolute Gasteiger partial charge is 0.303 e. The quantitative estimate of drug-likeness (QED) is 0.871. The number of para-hydroxylation sites is 1. The first-order valence-electron chi connectivity index (χ1n) is 6.24. The van der Waals surface area contributed by atoms with Gasteiger partial charge in [-0.25, -0.2) is 0 Å². The van der Waals surface area contributed by atoms with Gasteiger partial charge in [-0.05, 0) is 29.4 Å². The van der Waals surface area contributed by atoms with Crippen LogP contribution in [0.2, 0.25) is 0 Å². The van der Waals surface area contributed by atoms with Crippen molar-refractivity contribution in [2.45, 2.75) is 45.4 Å². The number of rotatable bonds is 5. The first kappa shape index (κ1) is 14.6. The van der Waals surface area contributed by atoms with Gasteiger partial charge in [0, 0.05) is 6.42 Å². The summed E-state index contributed by atoms with van der Waals surface area (Å²) in [5.41, 5.74) is 2.28. The normalized spacial score (nSPS) is 11.3. The zero-order chi connectivity index (χ0) is 13.8. The van der Waals surface area contributed by atoms with Crippen LogP contribution in [0.3, 0.4) is 0 Å². The number of carboxylic acid groups (broad SMARTS) is 1. The topological polar surface area (TPSA) is 46.5 Å². The van der Waals surface area contributed by atoms with Crippen LogP contribution in [0.15, 0.2) is 18.2 Å². The van der Waals surface area contributed by atoms with Gasteiger partial charge >= 0.3 is 5.97 Å². The molecular weight excluding hydrogens is 228 g/mol. The number of methoxy groups -OCH3 is 1. The van der Waals surface area contributed by atoms with Crippen molar-refractivity contribution in [2.24, 2.45) is 0 Å². The Hall–Kier alpha value is -1.51. The Labute approximate surface area is 109 Å². The van der Waals surface area contributed by atoms with E-state index in [1.807, 2.05) is 12.1 Å². The van der Waals surface area contributed by atoms with Crippen molar-refractivity contribution in [3.8, 4) is 5.75 Å². The van der Waals surface area contributed by atoms with Crippen LogP contribution in [0.25, 0.3) is 0 Å². The number of hydrogen-bond donors (Lipinski definition) is 1. The van der Waals surface area contributed by atoms with Gasteiger partial charge in [-0.2, -0.15) is 0 Å². The summed E-state index contributed by atoms with van der Waals surface area (Å²) in [4.78, 5) is 10.5. The summed E-state index contributed by atoms with van der Waals surface area (Å²) in [6.07, 6.45) is 1.57. The number of benzene rings is 1. The van der Waals surface area contributed by atoms with Crippen LogP contribution in [0.5, 0.6) is 5.75 Å². The van der Waals surface area contributed by atoms with Crippen molar-refractivity contribution in [1.82, 2.24) is 0 Å². The second kappa shape index (κ2) is 5.89. The number of aryl methyl sites for hydroxylation is 1. The monoisotopic (exact) mass is 250 g/mol. The first-order chi connectivity index (χ1) is 8.36. The number of aliphatic carboxylic acids is 1. The molecule has 0 aliphatic carbocycles. The number of carboxylic acids is 1. The molecule has 0 aromatic heterocycles. The van der Waals surface area contributed by atoms with E-state index in [0.29, 0.717) is 6.42 Å². The van der Waals surface area contributed by atoms with E-state index in [9.17, 15) is 4.79 Å². The zero-order valence-electron chi connectivity index (χ0n) is 11.6. The van der Waals surface area contributed by atoms with Gasteiger partial charge in [0.2, 0.25) is 0 Å². The Kier molecular flexibility index (Phi) is 4.76. The Morgan fingerprint density at radius 3 is 2.50 bits per heavy atom. The van der Waals surface area contributed by atoms with E-state index >= 15 is 0 Å². The molecule has 1 aromatic carbocycles. The number of hydrogen-bond acceptors (Lipinski definition) is 2. The van der Waals surface area contributed by atoms with Crippen molar-refractivity contribution >= 4 is 5.97 Å². The summed E-state index contributed by atoms with van der Waals surface area (Å²) in [6, 6.07) is 6.09. The molecule has 0 saturated heterocycles. The fraction of sp³-hybridized carbons (Fsp3) is 0.533. The number of ether oxygens (including phenoxy) is 1. The van der Waals surface area contributed by atoms with Gasteiger partial charge in [-0.15, -0.1) is 0 Å². The predicted octanol–water partition coefficient (Wildman–Crippen LogP) is 3.40. The molecule has 3 nitrogen and oxygen atoms in total. The first-order valence-corrected chi connectivity index (χ1v) is 6.24. The van der Waals surface area contributed by atoms with E-state index in [4.69, 9.17) is 9.84 Å². The van der Waals surface area contributed by atoms with Crippen LogP contribution in [0.4, 0.5) is 0 Å². The Morgan fingerprint density at radius 2 is 2.00 bits per heavy atom. The molecule has 0 atom stereocenters. The lowest BCUT2D eigenvalue weighted by Crippen LogP contribution is -2.14. The molecule has 100 valence electrons. The molecule has 18 heavy (non-hydrogen) atoms. The molecule has 0 saturated carbocycles. The Balaban J connectivity index is 2.95. The van der Waals surface area contributed by atoms with Gasteiger partial charge in [-0.3, -0.25) is 4.79 Å². The van der Waals surface area contributed by atoms with Crippen molar-refractivity contribution in [3.63, 3.8) is 0 Å². The molecule has 1 rings (SSSR count). The third kappa shape index (κ3) is 3.76. The third-order valence-electron chi connectivity index (χ3n) is 2.95. The van der Waals surface area contributed by atoms with Crippen LogP contribution in [0, 0.1) is 0 Å². The van der Waals surface area contributed by atoms with Crippen molar-refractivity contribution in [2.75, 3.05) is 7.11 Å². The molecule has 0 fully saturated rings. The van der Waals surface area contributed by atoms with Crippen LogP contribution in [0.1, 0.15) is 44.7 Å². The van der Waals surface area contributed by atoms with E-state index in [2.05, 4.69) is 26.8 Å². The maximum absolute atomic E-state index is 10.5. The molecule has 0 amide bonds. The molecule has 1 N–H and O–H groups in total. The minimum absolute atomic E-state index is 0.0220. The highest BCUT2D eigenvalue weighted by Gasteiger charge is 2.20. The summed E-state index contributed by atoms with van der Waals surface area (Å²) >= 11 is 0. The third-order valence-corrected chi connectivity index (χ3v) is 2.95. The standard InChI is InChI=1S/C15H22O3/c1-15(2,3)12-9-5-7-11(14(12)18-4)8-6-10-13(16)17/h5,7,9H,6,8,10H2,1-4H3,(H,16,17). The highest BCUT2D eigenvalue weighted by molar-refractivity contribution is 5.66. The predicted molar refractivity (Wildman–Crippen MR) is 72.3 cm³/mol. The molecule has 3 heteroatoms. The Bertz CT molecular complexity index is 416. The molecule has 0 spiro atoms. The van der Waals surface area contributed by atoms with E-state index in [0.717, 1.165) is 23.3 Å². The zero-order valence-corrected chi connectivity index (χ0v) is 11.6. The van der Waals surface area contributed by atoms with E-state index in [-0.39, 0.29) is 11.8 Å². The average molecular weight is 250 g/mol. The van der Waals surface area contributed by atoms with Gasteiger partial charge in [0.05, 0.1) is 7.11 Å². The van der Waals surface area contributed by atoms with Crippen LogP contribution in [-0.4, -0.2) is 18.2 Å². The van der Waals surface area contributed by atoms with Crippen LogP contribution in [-0.2, 0) is 16.6 Å². The van der Waals surface area contributed by atoms with E-state index in [1.54, 1.807) is 7.11 Å². The molecule has 0 aliphatic rings. The summed E-state index contributed by atoms with van der Waals surface area (Å²) in [6.45, 7) is 6.43. The lowest BCUT2D eigenvalue weighted by Gasteiger charge is -2.23.